The standard InChI is InChI=1S/C18H28.CH4/c1-7-10-11-12-17-14(4)13-16(8-2)15(5)18(17,6)9-3;/h9-12,14,16H,3,5,7-8,13H2,1-2,4,6H3;1H4/b11-10-,17-12+;. The molecule has 3 atom stereocenters. The molecular weight excluding hydrogens is 228 g/mol. The topological polar surface area (TPSA) is 0 Å². The van der Waals surface area contributed by atoms with Gasteiger partial charge in [0, 0.05) is 5.41 Å². The molecule has 0 spiro atoms. The van der Waals surface area contributed by atoms with E-state index in [1.54, 1.807) is 0 Å². The molecule has 0 aliphatic heterocycles. The van der Waals surface area contributed by atoms with Crippen molar-refractivity contribution >= 4 is 0 Å². The van der Waals surface area contributed by atoms with E-state index in [2.05, 4.69) is 65.2 Å². The fraction of sp³-hybridized carbons (Fsp3) is 0.579. The van der Waals surface area contributed by atoms with Gasteiger partial charge in [-0.15, -0.1) is 6.58 Å². The number of allylic oxidation sites excluding steroid dienone is 6. The summed E-state index contributed by atoms with van der Waals surface area (Å²) in [6, 6.07) is 0. The molecular formula is C19H32. The van der Waals surface area contributed by atoms with Crippen LogP contribution in [0.3, 0.4) is 0 Å². The number of rotatable bonds is 4. The van der Waals surface area contributed by atoms with Crippen LogP contribution in [0.2, 0.25) is 0 Å². The summed E-state index contributed by atoms with van der Waals surface area (Å²) >= 11 is 0. The maximum absolute atomic E-state index is 4.37. The van der Waals surface area contributed by atoms with Crippen LogP contribution in [0.4, 0.5) is 0 Å². The second kappa shape index (κ2) is 7.53. The fourth-order valence-electron chi connectivity index (χ4n) is 3.12. The molecule has 1 aliphatic carbocycles. The molecule has 0 N–H and O–H groups in total. The van der Waals surface area contributed by atoms with Gasteiger partial charge in [-0.1, -0.05) is 70.2 Å². The molecule has 0 bridgehead atoms. The lowest BCUT2D eigenvalue weighted by atomic mass is 9.60. The molecule has 0 aromatic heterocycles. The third-order valence-corrected chi connectivity index (χ3v) is 4.48. The summed E-state index contributed by atoms with van der Waals surface area (Å²) in [6.45, 7) is 17.5. The van der Waals surface area contributed by atoms with Crippen molar-refractivity contribution in [3.8, 4) is 0 Å². The summed E-state index contributed by atoms with van der Waals surface area (Å²) in [5.41, 5.74) is 2.78. The first-order valence-corrected chi connectivity index (χ1v) is 7.21. The number of hydrogen-bond acceptors (Lipinski definition) is 0. The number of hydrogen-bond donors (Lipinski definition) is 0. The summed E-state index contributed by atoms with van der Waals surface area (Å²) in [4.78, 5) is 0. The summed E-state index contributed by atoms with van der Waals surface area (Å²) < 4.78 is 0. The van der Waals surface area contributed by atoms with E-state index >= 15 is 0 Å². The van der Waals surface area contributed by atoms with Crippen LogP contribution >= 0.6 is 0 Å². The van der Waals surface area contributed by atoms with Gasteiger partial charge in [-0.2, -0.15) is 0 Å². The van der Waals surface area contributed by atoms with Crippen molar-refractivity contribution in [3.63, 3.8) is 0 Å². The van der Waals surface area contributed by atoms with Crippen molar-refractivity contribution in [1.29, 1.82) is 0 Å². The Balaban J connectivity index is 0.00000324. The maximum atomic E-state index is 4.37. The first-order chi connectivity index (χ1) is 8.51. The predicted molar refractivity (Wildman–Crippen MR) is 89.3 cm³/mol. The van der Waals surface area contributed by atoms with E-state index in [1.165, 1.54) is 24.0 Å². The molecule has 3 unspecified atom stereocenters. The Kier molecular flexibility index (Phi) is 7.11. The Morgan fingerprint density at radius 1 is 1.37 bits per heavy atom. The summed E-state index contributed by atoms with van der Waals surface area (Å²) in [5.74, 6) is 1.25. The van der Waals surface area contributed by atoms with Gasteiger partial charge in [0.05, 0.1) is 0 Å². The van der Waals surface area contributed by atoms with Gasteiger partial charge in [-0.3, -0.25) is 0 Å². The van der Waals surface area contributed by atoms with E-state index in [4.69, 9.17) is 0 Å². The van der Waals surface area contributed by atoms with Crippen molar-refractivity contribution < 1.29 is 0 Å². The van der Waals surface area contributed by atoms with Gasteiger partial charge in [0.15, 0.2) is 0 Å². The summed E-state index contributed by atoms with van der Waals surface area (Å²) in [7, 11) is 0. The Bertz CT molecular complexity index is 369. The van der Waals surface area contributed by atoms with Crippen LogP contribution in [0.5, 0.6) is 0 Å². The molecule has 0 aromatic rings. The lowest BCUT2D eigenvalue weighted by Gasteiger charge is -2.44. The van der Waals surface area contributed by atoms with Crippen LogP contribution in [-0.4, -0.2) is 0 Å². The normalized spacial score (nSPS) is 33.5. The molecule has 0 radical (unpaired) electrons. The van der Waals surface area contributed by atoms with E-state index in [0.717, 1.165) is 6.42 Å². The molecule has 0 amide bonds. The third-order valence-electron chi connectivity index (χ3n) is 4.48. The van der Waals surface area contributed by atoms with Crippen LogP contribution in [0.1, 0.15) is 54.4 Å². The van der Waals surface area contributed by atoms with Crippen LogP contribution in [0.25, 0.3) is 0 Å². The predicted octanol–water partition coefficient (Wildman–Crippen LogP) is 6.33. The molecule has 1 fully saturated rings. The zero-order valence-electron chi connectivity index (χ0n) is 12.5. The largest absolute Gasteiger partial charge is 0.102 e. The zero-order valence-corrected chi connectivity index (χ0v) is 12.5. The highest BCUT2D eigenvalue weighted by molar-refractivity contribution is 5.40. The van der Waals surface area contributed by atoms with Crippen molar-refractivity contribution in [3.05, 3.63) is 48.6 Å². The quantitative estimate of drug-likeness (QED) is 0.518. The van der Waals surface area contributed by atoms with Crippen molar-refractivity contribution in [2.45, 2.75) is 54.4 Å². The van der Waals surface area contributed by atoms with Crippen molar-refractivity contribution in [2.24, 2.45) is 17.3 Å². The molecule has 0 heterocycles. The molecule has 1 aliphatic rings. The summed E-state index contributed by atoms with van der Waals surface area (Å²) in [6.07, 6.45) is 12.3. The highest BCUT2D eigenvalue weighted by atomic mass is 14.4. The fourth-order valence-corrected chi connectivity index (χ4v) is 3.12. The SMILES string of the molecule is C.C=CC1(C)C(=C)C(CC)CC(C)/C1=C\C=C/CC. The van der Waals surface area contributed by atoms with E-state index in [-0.39, 0.29) is 12.8 Å². The minimum atomic E-state index is -0.0313. The van der Waals surface area contributed by atoms with E-state index in [9.17, 15) is 0 Å². The van der Waals surface area contributed by atoms with Crippen molar-refractivity contribution in [1.82, 2.24) is 0 Å². The average molecular weight is 260 g/mol. The highest BCUT2D eigenvalue weighted by Crippen LogP contribution is 2.51. The van der Waals surface area contributed by atoms with Gasteiger partial charge in [0.1, 0.15) is 0 Å². The second-order valence-electron chi connectivity index (χ2n) is 5.63. The third kappa shape index (κ3) is 3.49. The maximum Gasteiger partial charge on any atom is 0.0275 e. The van der Waals surface area contributed by atoms with Crippen LogP contribution < -0.4 is 0 Å². The molecule has 0 aromatic carbocycles. The van der Waals surface area contributed by atoms with Gasteiger partial charge in [0.2, 0.25) is 0 Å². The van der Waals surface area contributed by atoms with Gasteiger partial charge in [-0.25, -0.2) is 0 Å². The monoisotopic (exact) mass is 260 g/mol. The van der Waals surface area contributed by atoms with E-state index in [0.29, 0.717) is 11.8 Å². The van der Waals surface area contributed by atoms with Crippen LogP contribution in [-0.2, 0) is 0 Å². The van der Waals surface area contributed by atoms with Crippen LogP contribution in [0.15, 0.2) is 48.6 Å². The minimum absolute atomic E-state index is 0. The lowest BCUT2D eigenvalue weighted by molar-refractivity contribution is 0.327. The Labute approximate surface area is 121 Å². The Morgan fingerprint density at radius 2 is 2.00 bits per heavy atom. The molecule has 0 heteroatoms. The van der Waals surface area contributed by atoms with Crippen molar-refractivity contribution in [2.75, 3.05) is 0 Å². The molecule has 0 nitrogen and oxygen atoms in total. The molecule has 1 rings (SSSR count). The molecule has 1 saturated carbocycles. The minimum Gasteiger partial charge on any atom is -0.102 e. The molecule has 0 saturated heterocycles. The zero-order chi connectivity index (χ0) is 13.8. The Morgan fingerprint density at radius 3 is 2.47 bits per heavy atom. The second-order valence-corrected chi connectivity index (χ2v) is 5.63. The lowest BCUT2D eigenvalue weighted by Crippen LogP contribution is -2.33. The first kappa shape index (κ1) is 18.0. The van der Waals surface area contributed by atoms with E-state index in [1.807, 2.05) is 0 Å². The van der Waals surface area contributed by atoms with E-state index < -0.39 is 0 Å². The van der Waals surface area contributed by atoms with Gasteiger partial charge in [-0.05, 0) is 38.0 Å². The highest BCUT2D eigenvalue weighted by Gasteiger charge is 2.39. The van der Waals surface area contributed by atoms with Gasteiger partial charge < -0.3 is 0 Å². The summed E-state index contributed by atoms with van der Waals surface area (Å²) in [5, 5.41) is 0. The smallest absolute Gasteiger partial charge is 0.0275 e. The average Bonchev–Trinajstić information content (AvgIpc) is 2.38. The Hall–Kier alpha value is -1.04. The van der Waals surface area contributed by atoms with Crippen LogP contribution in [0, 0.1) is 17.3 Å². The first-order valence-electron chi connectivity index (χ1n) is 7.21. The molecule has 19 heavy (non-hydrogen) atoms. The van der Waals surface area contributed by atoms with Gasteiger partial charge in [0.25, 0.3) is 0 Å². The molecule has 108 valence electrons. The van der Waals surface area contributed by atoms with Gasteiger partial charge >= 0.3 is 0 Å².